The highest BCUT2D eigenvalue weighted by Gasteiger charge is 2.07. The molecule has 2 N–H and O–H groups in total. The minimum absolute atomic E-state index is 0.416. The Morgan fingerprint density at radius 2 is 2.00 bits per heavy atom. The van der Waals surface area contributed by atoms with Crippen molar-refractivity contribution in [3.63, 3.8) is 0 Å². The number of rotatable bonds is 5. The molecule has 1 aromatic rings. The molecule has 0 heterocycles. The Kier molecular flexibility index (Phi) is 4.65. The summed E-state index contributed by atoms with van der Waals surface area (Å²) in [6.07, 6.45) is 0.500. The zero-order chi connectivity index (χ0) is 11.3. The molecule has 4 heteroatoms. The Labute approximate surface area is 88.7 Å². The van der Waals surface area contributed by atoms with E-state index in [1.807, 2.05) is 11.9 Å². The lowest BCUT2D eigenvalue weighted by molar-refractivity contribution is 0.345. The fourth-order valence-corrected chi connectivity index (χ4v) is 1.39. The minimum atomic E-state index is -0.783. The lowest BCUT2D eigenvalue weighted by Crippen LogP contribution is -2.27. The van der Waals surface area contributed by atoms with Gasteiger partial charge in [0.2, 0.25) is 0 Å². The molecule has 0 saturated carbocycles. The van der Waals surface area contributed by atoms with Crippen molar-refractivity contribution in [2.24, 2.45) is 5.73 Å². The van der Waals surface area contributed by atoms with E-state index in [9.17, 15) is 8.78 Å². The normalized spacial score (nSPS) is 11.0. The lowest BCUT2D eigenvalue weighted by atomic mass is 10.1. The molecular weight excluding hydrogens is 198 g/mol. The van der Waals surface area contributed by atoms with E-state index in [1.54, 1.807) is 6.07 Å². The Bertz CT molecular complexity index is 315. The van der Waals surface area contributed by atoms with Gasteiger partial charge >= 0.3 is 0 Å². The SMILES string of the molecule is CN(CCN)CCc1cccc(F)c1F. The van der Waals surface area contributed by atoms with Gasteiger partial charge in [-0.25, -0.2) is 8.78 Å². The van der Waals surface area contributed by atoms with E-state index < -0.39 is 11.6 Å². The molecule has 0 fully saturated rings. The fourth-order valence-electron chi connectivity index (χ4n) is 1.39. The molecule has 2 nitrogen and oxygen atoms in total. The van der Waals surface area contributed by atoms with Crippen LogP contribution in [0.3, 0.4) is 0 Å². The van der Waals surface area contributed by atoms with Crippen LogP contribution in [-0.2, 0) is 6.42 Å². The molecule has 0 spiro atoms. The molecule has 0 unspecified atom stereocenters. The molecule has 0 aliphatic rings. The smallest absolute Gasteiger partial charge is 0.162 e. The molecule has 15 heavy (non-hydrogen) atoms. The zero-order valence-electron chi connectivity index (χ0n) is 8.84. The van der Waals surface area contributed by atoms with Gasteiger partial charge in [0.1, 0.15) is 0 Å². The molecule has 84 valence electrons. The first kappa shape index (κ1) is 12.1. The van der Waals surface area contributed by atoms with Crippen LogP contribution < -0.4 is 5.73 Å². The van der Waals surface area contributed by atoms with Crippen LogP contribution in [-0.4, -0.2) is 31.6 Å². The molecule has 0 atom stereocenters. The Morgan fingerprint density at radius 3 is 2.67 bits per heavy atom. The maximum absolute atomic E-state index is 13.2. The van der Waals surface area contributed by atoms with Crippen molar-refractivity contribution in [2.45, 2.75) is 6.42 Å². The third-order valence-corrected chi connectivity index (χ3v) is 2.31. The largest absolute Gasteiger partial charge is 0.329 e. The Morgan fingerprint density at radius 1 is 1.27 bits per heavy atom. The summed E-state index contributed by atoms with van der Waals surface area (Å²) in [5, 5.41) is 0. The van der Waals surface area contributed by atoms with Gasteiger partial charge in [-0.1, -0.05) is 12.1 Å². The summed E-state index contributed by atoms with van der Waals surface area (Å²) < 4.78 is 26.1. The summed E-state index contributed by atoms with van der Waals surface area (Å²) in [6, 6.07) is 4.26. The van der Waals surface area contributed by atoms with Gasteiger partial charge in [-0.2, -0.15) is 0 Å². The molecule has 0 radical (unpaired) electrons. The van der Waals surface area contributed by atoms with E-state index in [0.29, 0.717) is 25.1 Å². The van der Waals surface area contributed by atoms with E-state index in [2.05, 4.69) is 0 Å². The van der Waals surface area contributed by atoms with E-state index in [1.165, 1.54) is 6.07 Å². The summed E-state index contributed by atoms with van der Waals surface area (Å²) in [5.41, 5.74) is 5.79. The first-order valence-electron chi connectivity index (χ1n) is 4.96. The van der Waals surface area contributed by atoms with Crippen molar-refractivity contribution in [1.82, 2.24) is 4.90 Å². The third-order valence-electron chi connectivity index (χ3n) is 2.31. The first-order chi connectivity index (χ1) is 7.15. The van der Waals surface area contributed by atoms with Gasteiger partial charge in [0.25, 0.3) is 0 Å². The van der Waals surface area contributed by atoms with Crippen LogP contribution in [0.4, 0.5) is 8.78 Å². The van der Waals surface area contributed by atoms with Crippen LogP contribution in [0.5, 0.6) is 0 Å². The summed E-state index contributed by atoms with van der Waals surface area (Å²) in [4.78, 5) is 1.99. The summed E-state index contributed by atoms with van der Waals surface area (Å²) >= 11 is 0. The maximum Gasteiger partial charge on any atom is 0.162 e. The van der Waals surface area contributed by atoms with Crippen molar-refractivity contribution >= 4 is 0 Å². The average Bonchev–Trinajstić information content (AvgIpc) is 2.21. The fraction of sp³-hybridized carbons (Fsp3) is 0.455. The van der Waals surface area contributed by atoms with Crippen LogP contribution in [0.1, 0.15) is 5.56 Å². The van der Waals surface area contributed by atoms with Gasteiger partial charge in [0.15, 0.2) is 11.6 Å². The lowest BCUT2D eigenvalue weighted by Gasteiger charge is -2.15. The second-order valence-electron chi connectivity index (χ2n) is 3.55. The molecule has 1 rings (SSSR count). The number of nitrogens with zero attached hydrogens (tertiary/aromatic N) is 1. The van der Waals surface area contributed by atoms with Crippen LogP contribution in [0.15, 0.2) is 18.2 Å². The molecule has 0 aliphatic carbocycles. The highest BCUT2D eigenvalue weighted by Crippen LogP contribution is 2.11. The Hall–Kier alpha value is -1.00. The first-order valence-corrected chi connectivity index (χ1v) is 4.96. The van der Waals surface area contributed by atoms with Gasteiger partial charge in [0.05, 0.1) is 0 Å². The molecule has 1 aromatic carbocycles. The molecule has 0 bridgehead atoms. The van der Waals surface area contributed by atoms with Crippen molar-refractivity contribution < 1.29 is 8.78 Å². The third kappa shape index (κ3) is 3.57. The number of hydrogen-bond donors (Lipinski definition) is 1. The average molecular weight is 214 g/mol. The van der Waals surface area contributed by atoms with Gasteiger partial charge in [0, 0.05) is 19.6 Å². The number of nitrogens with two attached hydrogens (primary N) is 1. The predicted molar refractivity (Wildman–Crippen MR) is 56.6 cm³/mol. The number of halogens is 2. The van der Waals surface area contributed by atoms with Crippen molar-refractivity contribution in [2.75, 3.05) is 26.7 Å². The quantitative estimate of drug-likeness (QED) is 0.802. The number of benzene rings is 1. The minimum Gasteiger partial charge on any atom is -0.329 e. The maximum atomic E-state index is 13.2. The van der Waals surface area contributed by atoms with E-state index in [-0.39, 0.29) is 0 Å². The molecule has 0 aromatic heterocycles. The molecule has 0 amide bonds. The predicted octanol–water partition coefficient (Wildman–Crippen LogP) is 1.40. The highest BCUT2D eigenvalue weighted by atomic mass is 19.2. The van der Waals surface area contributed by atoms with Gasteiger partial charge in [-0.3, -0.25) is 0 Å². The van der Waals surface area contributed by atoms with Crippen molar-refractivity contribution in [3.05, 3.63) is 35.4 Å². The second-order valence-corrected chi connectivity index (χ2v) is 3.55. The van der Waals surface area contributed by atoms with E-state index >= 15 is 0 Å². The topological polar surface area (TPSA) is 29.3 Å². The zero-order valence-corrected chi connectivity index (χ0v) is 8.84. The number of hydrogen-bond acceptors (Lipinski definition) is 2. The summed E-state index contributed by atoms with van der Waals surface area (Å²) in [5.74, 6) is -1.52. The van der Waals surface area contributed by atoms with Gasteiger partial charge in [-0.05, 0) is 25.1 Å². The Balaban J connectivity index is 2.54. The van der Waals surface area contributed by atoms with Gasteiger partial charge < -0.3 is 10.6 Å². The van der Waals surface area contributed by atoms with Crippen LogP contribution >= 0.6 is 0 Å². The highest BCUT2D eigenvalue weighted by molar-refractivity contribution is 5.19. The summed E-state index contributed by atoms with van der Waals surface area (Å²) in [7, 11) is 1.91. The van der Waals surface area contributed by atoms with Crippen molar-refractivity contribution in [3.8, 4) is 0 Å². The van der Waals surface area contributed by atoms with Crippen molar-refractivity contribution in [1.29, 1.82) is 0 Å². The molecular formula is C11H16F2N2. The molecule has 0 saturated heterocycles. The monoisotopic (exact) mass is 214 g/mol. The van der Waals surface area contributed by atoms with Crippen LogP contribution in [0.2, 0.25) is 0 Å². The van der Waals surface area contributed by atoms with E-state index in [4.69, 9.17) is 5.73 Å². The molecule has 0 aliphatic heterocycles. The standard InChI is InChI=1S/C11H16F2N2/c1-15(8-6-14)7-5-9-3-2-4-10(12)11(9)13/h2-4H,5-8,14H2,1H3. The summed E-state index contributed by atoms with van der Waals surface area (Å²) in [6.45, 7) is 2.01. The van der Waals surface area contributed by atoms with Crippen LogP contribution in [0.25, 0.3) is 0 Å². The van der Waals surface area contributed by atoms with Crippen LogP contribution in [0, 0.1) is 11.6 Å². The second kappa shape index (κ2) is 5.78. The van der Waals surface area contributed by atoms with E-state index in [0.717, 1.165) is 12.6 Å². The number of likely N-dealkylation sites (N-methyl/N-ethyl adjacent to an activating group) is 1. The van der Waals surface area contributed by atoms with Gasteiger partial charge in [-0.15, -0.1) is 0 Å².